The fraction of sp³-hybridized carbons (Fsp3) is 0.321. The van der Waals surface area contributed by atoms with E-state index in [0.29, 0.717) is 43.6 Å². The first kappa shape index (κ1) is 25.4. The van der Waals surface area contributed by atoms with Gasteiger partial charge in [0.1, 0.15) is 0 Å². The number of methoxy groups -OCH3 is 2. The normalized spacial score (nSPS) is 15.5. The van der Waals surface area contributed by atoms with E-state index in [1.807, 2.05) is 36.4 Å². The van der Waals surface area contributed by atoms with Gasteiger partial charge >= 0.3 is 5.97 Å². The minimum atomic E-state index is -0.643. The summed E-state index contributed by atoms with van der Waals surface area (Å²) in [6.45, 7) is 8.02. The summed E-state index contributed by atoms with van der Waals surface area (Å²) < 4.78 is 18.4. The first-order valence-electron chi connectivity index (χ1n) is 11.8. The van der Waals surface area contributed by atoms with Crippen LogP contribution in [0.25, 0.3) is 6.08 Å². The average Bonchev–Trinajstić information content (AvgIpc) is 3.17. The lowest BCUT2D eigenvalue weighted by Gasteiger charge is -2.25. The van der Waals surface area contributed by atoms with Crippen molar-refractivity contribution in [3.63, 3.8) is 0 Å². The van der Waals surface area contributed by atoms with Crippen molar-refractivity contribution in [2.24, 2.45) is 4.99 Å². The number of para-hydroxylation sites is 1. The Kier molecular flexibility index (Phi) is 7.45. The Balaban J connectivity index is 1.95. The first-order chi connectivity index (χ1) is 17.3. The van der Waals surface area contributed by atoms with Crippen LogP contribution < -0.4 is 24.4 Å². The number of allylic oxidation sites excluding steroid dienone is 1. The van der Waals surface area contributed by atoms with Crippen molar-refractivity contribution in [2.75, 3.05) is 20.8 Å². The molecule has 4 rings (SSSR count). The van der Waals surface area contributed by atoms with Crippen molar-refractivity contribution in [1.29, 1.82) is 0 Å². The molecule has 0 saturated heterocycles. The molecule has 0 N–H and O–H groups in total. The van der Waals surface area contributed by atoms with Gasteiger partial charge in [-0.25, -0.2) is 9.79 Å². The van der Waals surface area contributed by atoms with Crippen LogP contribution in [0.2, 0.25) is 0 Å². The maximum atomic E-state index is 13.8. The molecule has 188 valence electrons. The summed E-state index contributed by atoms with van der Waals surface area (Å²) in [5, 5.41) is 0. The number of benzene rings is 2. The van der Waals surface area contributed by atoms with Gasteiger partial charge in [-0.2, -0.15) is 0 Å². The highest BCUT2D eigenvalue weighted by atomic mass is 32.1. The number of esters is 1. The summed E-state index contributed by atoms with van der Waals surface area (Å²) in [5.74, 6) is 0.999. The summed E-state index contributed by atoms with van der Waals surface area (Å²) >= 11 is 1.27. The monoisotopic (exact) mass is 506 g/mol. The van der Waals surface area contributed by atoms with Crippen LogP contribution in [0.15, 0.2) is 63.5 Å². The lowest BCUT2D eigenvalue weighted by Crippen LogP contribution is -2.39. The maximum Gasteiger partial charge on any atom is 0.338 e. The molecule has 3 aromatic rings. The number of hydrogen-bond donors (Lipinski definition) is 0. The van der Waals surface area contributed by atoms with Gasteiger partial charge in [0.05, 0.1) is 42.7 Å². The Hall–Kier alpha value is -3.65. The number of fused-ring (bicyclic) bond motifs is 1. The minimum absolute atomic E-state index is 0.231. The van der Waals surface area contributed by atoms with E-state index in [4.69, 9.17) is 14.2 Å². The van der Waals surface area contributed by atoms with Gasteiger partial charge in [0, 0.05) is 5.56 Å². The molecule has 36 heavy (non-hydrogen) atoms. The molecule has 8 heteroatoms. The Morgan fingerprint density at radius 2 is 1.86 bits per heavy atom. The zero-order chi connectivity index (χ0) is 26.0. The van der Waals surface area contributed by atoms with Gasteiger partial charge < -0.3 is 14.2 Å². The van der Waals surface area contributed by atoms with Crippen LogP contribution in [0.4, 0.5) is 0 Å². The standard InChI is InChI=1S/C28H30N2O5S/c1-7-35-27(32)23-17(4)29-28-30(24(23)19-13-11-18(12-14-19)16(2)3)26(31)22(36-28)15-20-9-8-10-21(33-5)25(20)34-6/h8-16,24H,7H2,1-6H3/b22-15+/t24-/m0/s1. The van der Waals surface area contributed by atoms with Crippen molar-refractivity contribution >= 4 is 23.4 Å². The fourth-order valence-electron chi connectivity index (χ4n) is 4.34. The summed E-state index contributed by atoms with van der Waals surface area (Å²) in [6, 6.07) is 12.9. The lowest BCUT2D eigenvalue weighted by atomic mass is 9.93. The smallest absolute Gasteiger partial charge is 0.338 e. The van der Waals surface area contributed by atoms with E-state index in [9.17, 15) is 9.59 Å². The maximum absolute atomic E-state index is 13.8. The number of rotatable bonds is 7. The van der Waals surface area contributed by atoms with Gasteiger partial charge in [-0.05, 0) is 43.0 Å². The summed E-state index contributed by atoms with van der Waals surface area (Å²) in [5.41, 5.74) is 3.38. The molecular weight excluding hydrogens is 476 g/mol. The zero-order valence-electron chi connectivity index (χ0n) is 21.3. The van der Waals surface area contributed by atoms with Crippen LogP contribution in [-0.2, 0) is 9.53 Å². The average molecular weight is 507 g/mol. The van der Waals surface area contributed by atoms with Gasteiger partial charge in [-0.1, -0.05) is 61.6 Å². The number of aromatic nitrogens is 1. The molecule has 2 aromatic carbocycles. The zero-order valence-corrected chi connectivity index (χ0v) is 22.1. The molecule has 1 aromatic heterocycles. The highest BCUT2D eigenvalue weighted by Gasteiger charge is 2.33. The van der Waals surface area contributed by atoms with E-state index in [1.165, 1.54) is 16.9 Å². The molecule has 2 heterocycles. The van der Waals surface area contributed by atoms with E-state index in [0.717, 1.165) is 5.56 Å². The molecule has 1 aliphatic heterocycles. The van der Waals surface area contributed by atoms with E-state index in [1.54, 1.807) is 44.8 Å². The SMILES string of the molecule is CCOC(=O)C1=C(C)N=c2s/c(=C/c3cccc(OC)c3OC)c(=O)n2[C@H]1c1ccc(C(C)C)cc1. The second-order valence-corrected chi connectivity index (χ2v) is 9.72. The van der Waals surface area contributed by atoms with Crippen LogP contribution in [-0.4, -0.2) is 31.4 Å². The molecule has 1 atom stereocenters. The van der Waals surface area contributed by atoms with Gasteiger partial charge in [0.15, 0.2) is 16.3 Å². The van der Waals surface area contributed by atoms with Crippen LogP contribution in [0.3, 0.4) is 0 Å². The van der Waals surface area contributed by atoms with Gasteiger partial charge in [0.2, 0.25) is 0 Å². The molecule has 0 radical (unpaired) electrons. The molecule has 7 nitrogen and oxygen atoms in total. The van der Waals surface area contributed by atoms with Crippen molar-refractivity contribution in [2.45, 2.75) is 39.7 Å². The highest BCUT2D eigenvalue weighted by Crippen LogP contribution is 2.33. The molecule has 1 aliphatic rings. The van der Waals surface area contributed by atoms with Gasteiger partial charge in [-0.15, -0.1) is 0 Å². The fourth-order valence-corrected chi connectivity index (χ4v) is 5.37. The van der Waals surface area contributed by atoms with E-state index in [-0.39, 0.29) is 12.2 Å². The lowest BCUT2D eigenvalue weighted by molar-refractivity contribution is -0.139. The second-order valence-electron chi connectivity index (χ2n) is 8.71. The van der Waals surface area contributed by atoms with Gasteiger partial charge in [0.25, 0.3) is 5.56 Å². The van der Waals surface area contributed by atoms with Crippen LogP contribution in [0, 0.1) is 0 Å². The number of nitrogens with zero attached hydrogens (tertiary/aromatic N) is 2. The molecule has 0 amide bonds. The molecule has 0 unspecified atom stereocenters. The Bertz CT molecular complexity index is 1500. The third kappa shape index (κ3) is 4.60. The van der Waals surface area contributed by atoms with E-state index >= 15 is 0 Å². The molecular formula is C28H30N2O5S. The van der Waals surface area contributed by atoms with E-state index < -0.39 is 12.0 Å². The van der Waals surface area contributed by atoms with Crippen molar-refractivity contribution in [3.8, 4) is 11.5 Å². The first-order valence-corrected chi connectivity index (χ1v) is 12.6. The van der Waals surface area contributed by atoms with Crippen molar-refractivity contribution in [1.82, 2.24) is 4.57 Å². The Morgan fingerprint density at radius 1 is 1.14 bits per heavy atom. The number of ether oxygens (including phenoxy) is 3. The molecule has 0 spiro atoms. The topological polar surface area (TPSA) is 79.1 Å². The predicted octanol–water partition coefficient (Wildman–Crippen LogP) is 3.94. The van der Waals surface area contributed by atoms with Gasteiger partial charge in [-0.3, -0.25) is 9.36 Å². The van der Waals surface area contributed by atoms with Crippen LogP contribution in [0.5, 0.6) is 11.5 Å². The van der Waals surface area contributed by atoms with E-state index in [2.05, 4.69) is 18.8 Å². The van der Waals surface area contributed by atoms with Crippen molar-refractivity contribution in [3.05, 3.63) is 90.1 Å². The third-order valence-corrected chi connectivity index (χ3v) is 7.14. The second kappa shape index (κ2) is 10.5. The number of carbonyl (C=O) groups is 1. The summed E-state index contributed by atoms with van der Waals surface area (Å²) in [7, 11) is 3.13. The summed E-state index contributed by atoms with van der Waals surface area (Å²) in [4.78, 5) is 32.0. The number of thiazole rings is 1. The Morgan fingerprint density at radius 3 is 2.47 bits per heavy atom. The quantitative estimate of drug-likeness (QED) is 0.454. The molecule has 0 saturated carbocycles. The largest absolute Gasteiger partial charge is 0.493 e. The van der Waals surface area contributed by atoms with Crippen molar-refractivity contribution < 1.29 is 19.0 Å². The molecule has 0 aliphatic carbocycles. The summed E-state index contributed by atoms with van der Waals surface area (Å²) in [6.07, 6.45) is 1.77. The number of hydrogen-bond acceptors (Lipinski definition) is 7. The van der Waals surface area contributed by atoms with Crippen LogP contribution in [0.1, 0.15) is 56.3 Å². The van der Waals surface area contributed by atoms with Crippen LogP contribution >= 0.6 is 11.3 Å². The molecule has 0 bridgehead atoms. The highest BCUT2D eigenvalue weighted by molar-refractivity contribution is 7.07. The number of carbonyl (C=O) groups excluding carboxylic acids is 1. The Labute approximate surface area is 214 Å². The molecule has 0 fully saturated rings. The predicted molar refractivity (Wildman–Crippen MR) is 140 cm³/mol. The third-order valence-electron chi connectivity index (χ3n) is 6.16. The minimum Gasteiger partial charge on any atom is -0.493 e.